The van der Waals surface area contributed by atoms with Gasteiger partial charge in [0.05, 0.1) is 24.0 Å². The number of nitrogens with one attached hydrogen (secondary N) is 1. The Morgan fingerprint density at radius 2 is 2.06 bits per heavy atom. The number of ether oxygens (including phenoxy) is 1. The van der Waals surface area contributed by atoms with Gasteiger partial charge in [-0.25, -0.2) is 9.18 Å². The third-order valence-corrected chi connectivity index (χ3v) is 6.45. The van der Waals surface area contributed by atoms with E-state index in [1.807, 2.05) is 12.1 Å². The molecule has 2 atom stereocenters. The van der Waals surface area contributed by atoms with Crippen LogP contribution in [-0.2, 0) is 11.2 Å². The van der Waals surface area contributed by atoms with Gasteiger partial charge in [-0.2, -0.15) is 0 Å². The smallest absolute Gasteiger partial charge is 0.321 e. The van der Waals surface area contributed by atoms with Gasteiger partial charge in [0, 0.05) is 64.0 Å². The molecule has 7 nitrogen and oxygen atoms in total. The van der Waals surface area contributed by atoms with Crippen LogP contribution >= 0.6 is 11.6 Å². The molecular weight excluding hydrogens is 435 g/mol. The molecule has 2 aromatic rings. The normalized spacial score (nSPS) is 21.5. The standard InChI is InChI=1S/C23H30ClFN4O3/c1-17(13-19-3-2-11-31-19)29-10-12-32-20(16-29)15-27-6-8-28(9-7-27)23(30)26-18-4-5-22(25)21(24)14-18/h2-5,11,14,17,20H,6-10,12-13,15-16H2,1H3,(H,26,30)/t17-,20+/m1/s1. The highest BCUT2D eigenvalue weighted by Gasteiger charge is 2.28. The number of morpholine rings is 1. The van der Waals surface area contributed by atoms with Crippen molar-refractivity contribution in [3.8, 4) is 0 Å². The number of carbonyl (C=O) groups excluding carboxylic acids is 1. The molecule has 0 bridgehead atoms. The van der Waals surface area contributed by atoms with Crippen molar-refractivity contribution >= 4 is 23.3 Å². The van der Waals surface area contributed by atoms with Crippen LogP contribution in [0.25, 0.3) is 0 Å². The quantitative estimate of drug-likeness (QED) is 0.708. The lowest BCUT2D eigenvalue weighted by Gasteiger charge is -2.40. The number of hydrogen-bond donors (Lipinski definition) is 1. The van der Waals surface area contributed by atoms with Crippen LogP contribution in [0.1, 0.15) is 12.7 Å². The second-order valence-electron chi connectivity index (χ2n) is 8.47. The predicted molar refractivity (Wildman–Crippen MR) is 122 cm³/mol. The van der Waals surface area contributed by atoms with E-state index in [9.17, 15) is 9.18 Å². The van der Waals surface area contributed by atoms with Crippen molar-refractivity contribution in [2.75, 3.05) is 57.7 Å². The Morgan fingerprint density at radius 1 is 1.25 bits per heavy atom. The minimum absolute atomic E-state index is 0.00683. The molecule has 0 saturated carbocycles. The van der Waals surface area contributed by atoms with E-state index in [4.69, 9.17) is 20.8 Å². The molecule has 9 heteroatoms. The third kappa shape index (κ3) is 6.01. The first-order chi connectivity index (χ1) is 15.5. The molecule has 2 amide bonds. The molecule has 0 radical (unpaired) electrons. The van der Waals surface area contributed by atoms with Crippen molar-refractivity contribution in [3.63, 3.8) is 0 Å². The summed E-state index contributed by atoms with van der Waals surface area (Å²) in [5, 5.41) is 2.78. The maximum atomic E-state index is 13.3. The molecule has 0 spiro atoms. The summed E-state index contributed by atoms with van der Waals surface area (Å²) in [4.78, 5) is 19.1. The number of urea groups is 1. The van der Waals surface area contributed by atoms with Crippen molar-refractivity contribution in [3.05, 3.63) is 53.2 Å². The number of halogens is 2. The average Bonchev–Trinajstić information content (AvgIpc) is 3.30. The molecule has 2 saturated heterocycles. The lowest BCUT2D eigenvalue weighted by Crippen LogP contribution is -2.55. The number of hydrogen-bond acceptors (Lipinski definition) is 5. The van der Waals surface area contributed by atoms with Crippen LogP contribution in [0.15, 0.2) is 41.0 Å². The summed E-state index contributed by atoms with van der Waals surface area (Å²) in [5.41, 5.74) is 0.489. The summed E-state index contributed by atoms with van der Waals surface area (Å²) >= 11 is 5.79. The van der Waals surface area contributed by atoms with Gasteiger partial charge in [0.25, 0.3) is 0 Å². The Bertz CT molecular complexity index is 889. The fraction of sp³-hybridized carbons (Fsp3) is 0.522. The molecule has 2 aliphatic rings. The van der Waals surface area contributed by atoms with E-state index >= 15 is 0 Å². The van der Waals surface area contributed by atoms with Crippen LogP contribution < -0.4 is 5.32 Å². The van der Waals surface area contributed by atoms with E-state index in [2.05, 4.69) is 22.0 Å². The molecule has 1 aromatic heterocycles. The number of piperazine rings is 1. The highest BCUT2D eigenvalue weighted by atomic mass is 35.5. The largest absolute Gasteiger partial charge is 0.469 e. The summed E-state index contributed by atoms with van der Waals surface area (Å²) in [5.74, 6) is 0.509. The van der Waals surface area contributed by atoms with E-state index in [0.717, 1.165) is 51.5 Å². The highest BCUT2D eigenvalue weighted by Crippen LogP contribution is 2.20. The zero-order valence-electron chi connectivity index (χ0n) is 18.3. The van der Waals surface area contributed by atoms with E-state index < -0.39 is 5.82 Å². The van der Waals surface area contributed by atoms with Gasteiger partial charge in [0.1, 0.15) is 11.6 Å². The van der Waals surface area contributed by atoms with Crippen LogP contribution in [0.5, 0.6) is 0 Å². The molecule has 1 N–H and O–H groups in total. The number of amides is 2. The van der Waals surface area contributed by atoms with Gasteiger partial charge in [-0.1, -0.05) is 11.6 Å². The number of anilines is 1. The van der Waals surface area contributed by atoms with Gasteiger partial charge < -0.3 is 19.4 Å². The number of furan rings is 1. The average molecular weight is 465 g/mol. The molecule has 2 fully saturated rings. The van der Waals surface area contributed by atoms with Gasteiger partial charge in [0.15, 0.2) is 0 Å². The maximum Gasteiger partial charge on any atom is 0.321 e. The van der Waals surface area contributed by atoms with E-state index in [1.54, 1.807) is 11.2 Å². The Balaban J connectivity index is 1.21. The zero-order valence-corrected chi connectivity index (χ0v) is 19.1. The number of nitrogens with zero attached hydrogens (tertiary/aromatic N) is 3. The van der Waals surface area contributed by atoms with Crippen molar-refractivity contribution in [2.24, 2.45) is 0 Å². The summed E-state index contributed by atoms with van der Waals surface area (Å²) < 4.78 is 24.8. The lowest BCUT2D eigenvalue weighted by molar-refractivity contribution is -0.0574. The minimum Gasteiger partial charge on any atom is -0.469 e. The third-order valence-electron chi connectivity index (χ3n) is 6.16. The fourth-order valence-corrected chi connectivity index (χ4v) is 4.48. The first-order valence-electron chi connectivity index (χ1n) is 11.1. The van der Waals surface area contributed by atoms with Gasteiger partial charge in [-0.3, -0.25) is 9.80 Å². The molecular formula is C23H30ClFN4O3. The topological polar surface area (TPSA) is 61.2 Å². The predicted octanol–water partition coefficient (Wildman–Crippen LogP) is 3.55. The minimum atomic E-state index is -0.503. The van der Waals surface area contributed by atoms with Crippen LogP contribution in [0.2, 0.25) is 5.02 Å². The molecule has 1 aromatic carbocycles. The second kappa shape index (κ2) is 10.7. The van der Waals surface area contributed by atoms with Crippen LogP contribution in [0.4, 0.5) is 14.9 Å². The zero-order chi connectivity index (χ0) is 22.5. The summed E-state index contributed by atoms with van der Waals surface area (Å²) in [7, 11) is 0. The summed E-state index contributed by atoms with van der Waals surface area (Å²) in [6.45, 7) is 8.49. The SMILES string of the molecule is C[C@H](Cc1ccco1)N1CCO[C@@H](CN2CCN(C(=O)Nc3ccc(F)c(Cl)c3)CC2)C1. The summed E-state index contributed by atoms with van der Waals surface area (Å²) in [6, 6.07) is 8.33. The van der Waals surface area contributed by atoms with E-state index in [0.29, 0.717) is 24.8 Å². The number of rotatable bonds is 6. The molecule has 0 unspecified atom stereocenters. The first kappa shape index (κ1) is 23.0. The van der Waals surface area contributed by atoms with Crippen LogP contribution in [-0.4, -0.2) is 85.3 Å². The van der Waals surface area contributed by atoms with E-state index in [-0.39, 0.29) is 17.2 Å². The van der Waals surface area contributed by atoms with E-state index in [1.165, 1.54) is 18.2 Å². The molecule has 174 valence electrons. The van der Waals surface area contributed by atoms with Gasteiger partial charge >= 0.3 is 6.03 Å². The lowest BCUT2D eigenvalue weighted by atomic mass is 10.1. The number of carbonyl (C=O) groups is 1. The van der Waals surface area contributed by atoms with Crippen LogP contribution in [0.3, 0.4) is 0 Å². The fourth-order valence-electron chi connectivity index (χ4n) is 4.30. The highest BCUT2D eigenvalue weighted by molar-refractivity contribution is 6.31. The van der Waals surface area contributed by atoms with Crippen molar-refractivity contribution in [2.45, 2.75) is 25.5 Å². The number of benzene rings is 1. The Hall–Kier alpha value is -2.13. The summed E-state index contributed by atoms with van der Waals surface area (Å²) in [6.07, 6.45) is 2.77. The Morgan fingerprint density at radius 3 is 2.78 bits per heavy atom. The van der Waals surface area contributed by atoms with Crippen molar-refractivity contribution in [1.82, 2.24) is 14.7 Å². The monoisotopic (exact) mass is 464 g/mol. The van der Waals surface area contributed by atoms with Crippen LogP contribution in [0, 0.1) is 5.82 Å². The Labute approximate surface area is 193 Å². The van der Waals surface area contributed by atoms with Gasteiger partial charge in [0.2, 0.25) is 0 Å². The van der Waals surface area contributed by atoms with Gasteiger partial charge in [-0.15, -0.1) is 0 Å². The van der Waals surface area contributed by atoms with Gasteiger partial charge in [-0.05, 0) is 37.3 Å². The van der Waals surface area contributed by atoms with Crippen molar-refractivity contribution < 1.29 is 18.3 Å². The molecule has 32 heavy (non-hydrogen) atoms. The Kier molecular flexibility index (Phi) is 7.67. The molecule has 3 heterocycles. The maximum absolute atomic E-state index is 13.3. The second-order valence-corrected chi connectivity index (χ2v) is 8.87. The molecule has 4 rings (SSSR count). The molecule has 0 aliphatic carbocycles. The molecule has 2 aliphatic heterocycles. The first-order valence-corrected chi connectivity index (χ1v) is 11.5. The van der Waals surface area contributed by atoms with Crippen molar-refractivity contribution in [1.29, 1.82) is 0 Å².